The largest absolute Gasteiger partial charge is 0.399 e. The lowest BCUT2D eigenvalue weighted by Gasteiger charge is -2.28. The molecule has 0 spiro atoms. The predicted molar refractivity (Wildman–Crippen MR) is 76.7 cm³/mol. The molecule has 1 fully saturated rings. The molecular weight excluding hydrogens is 246 g/mol. The predicted octanol–water partition coefficient (Wildman–Crippen LogP) is 4.41. The molecule has 0 radical (unpaired) electrons. The summed E-state index contributed by atoms with van der Waals surface area (Å²) < 4.78 is 6.00. The maximum atomic E-state index is 6.14. The molecule has 18 heavy (non-hydrogen) atoms. The van der Waals surface area contributed by atoms with Gasteiger partial charge in [0.05, 0.1) is 12.7 Å². The molecule has 1 aliphatic carbocycles. The van der Waals surface area contributed by atoms with Gasteiger partial charge in [-0.25, -0.2) is 0 Å². The van der Waals surface area contributed by atoms with Crippen LogP contribution in [0.4, 0.5) is 5.69 Å². The molecule has 1 saturated carbocycles. The van der Waals surface area contributed by atoms with Gasteiger partial charge < -0.3 is 10.5 Å². The fraction of sp³-hybridized carbons (Fsp3) is 0.600. The van der Waals surface area contributed by atoms with Gasteiger partial charge in [-0.1, -0.05) is 43.9 Å². The van der Waals surface area contributed by atoms with Crippen LogP contribution in [-0.4, -0.2) is 6.10 Å². The maximum absolute atomic E-state index is 6.14. The van der Waals surface area contributed by atoms with Crippen LogP contribution in [0, 0.1) is 5.92 Å². The second-order valence-corrected chi connectivity index (χ2v) is 5.63. The number of rotatable bonds is 4. The Bertz CT molecular complexity index is 394. The second kappa shape index (κ2) is 6.44. The van der Waals surface area contributed by atoms with Gasteiger partial charge in [-0.15, -0.1) is 0 Å². The second-order valence-electron chi connectivity index (χ2n) is 5.22. The minimum Gasteiger partial charge on any atom is -0.399 e. The molecule has 2 atom stereocenters. The molecule has 3 heteroatoms. The smallest absolute Gasteiger partial charge is 0.0735 e. The molecule has 2 unspecified atom stereocenters. The molecule has 2 rings (SSSR count). The van der Waals surface area contributed by atoms with E-state index in [1.165, 1.54) is 32.1 Å². The summed E-state index contributed by atoms with van der Waals surface area (Å²) in [6, 6.07) is 5.62. The molecule has 100 valence electrons. The Morgan fingerprint density at radius 1 is 1.39 bits per heavy atom. The molecule has 2 N–H and O–H groups in total. The molecule has 0 aliphatic heterocycles. The van der Waals surface area contributed by atoms with Crippen molar-refractivity contribution in [2.75, 3.05) is 5.73 Å². The highest BCUT2D eigenvalue weighted by Crippen LogP contribution is 2.29. The van der Waals surface area contributed by atoms with Crippen molar-refractivity contribution in [2.45, 2.75) is 51.7 Å². The zero-order chi connectivity index (χ0) is 13.0. The Labute approximate surface area is 114 Å². The number of halogens is 1. The molecule has 1 aromatic carbocycles. The third-order valence-electron chi connectivity index (χ3n) is 3.86. The summed E-state index contributed by atoms with van der Waals surface area (Å²) in [5.74, 6) is 0.839. The maximum Gasteiger partial charge on any atom is 0.0735 e. The summed E-state index contributed by atoms with van der Waals surface area (Å²) in [4.78, 5) is 0. The van der Waals surface area contributed by atoms with Crippen LogP contribution >= 0.6 is 11.6 Å². The quantitative estimate of drug-likeness (QED) is 0.821. The highest BCUT2D eigenvalue weighted by atomic mass is 35.5. The molecule has 1 aliphatic rings. The van der Waals surface area contributed by atoms with Crippen molar-refractivity contribution in [3.05, 3.63) is 28.8 Å². The normalized spacial score (nSPS) is 24.1. The Balaban J connectivity index is 1.87. The van der Waals surface area contributed by atoms with Gasteiger partial charge in [0.1, 0.15) is 0 Å². The zero-order valence-corrected chi connectivity index (χ0v) is 11.7. The lowest BCUT2D eigenvalue weighted by molar-refractivity contribution is 0.00181. The van der Waals surface area contributed by atoms with Crippen molar-refractivity contribution in [2.24, 2.45) is 5.92 Å². The van der Waals surface area contributed by atoms with Crippen LogP contribution in [0.15, 0.2) is 18.2 Å². The minimum atomic E-state index is 0.400. The number of benzene rings is 1. The summed E-state index contributed by atoms with van der Waals surface area (Å²) >= 11 is 6.14. The van der Waals surface area contributed by atoms with Crippen molar-refractivity contribution in [3.63, 3.8) is 0 Å². The van der Waals surface area contributed by atoms with Crippen LogP contribution in [0.3, 0.4) is 0 Å². The van der Waals surface area contributed by atoms with Crippen LogP contribution in [-0.2, 0) is 11.3 Å². The van der Waals surface area contributed by atoms with E-state index >= 15 is 0 Å². The van der Waals surface area contributed by atoms with Gasteiger partial charge in [-0.3, -0.25) is 0 Å². The third kappa shape index (κ3) is 3.63. The Hall–Kier alpha value is -0.730. The lowest BCUT2D eigenvalue weighted by atomic mass is 9.85. The summed E-state index contributed by atoms with van der Waals surface area (Å²) in [5.41, 5.74) is 7.41. The van der Waals surface area contributed by atoms with E-state index in [0.29, 0.717) is 23.4 Å². The standard InChI is InChI=1S/C15H22ClNO/c1-2-11-4-3-5-14(8-11)18-10-12-6-7-13(17)9-15(12)16/h6-7,9,11,14H,2-5,8,10,17H2,1H3. The van der Waals surface area contributed by atoms with E-state index in [1.807, 2.05) is 12.1 Å². The summed E-state index contributed by atoms with van der Waals surface area (Å²) in [6.45, 7) is 2.87. The summed E-state index contributed by atoms with van der Waals surface area (Å²) in [6.07, 6.45) is 6.70. The number of nitrogen functional groups attached to an aromatic ring is 1. The van der Waals surface area contributed by atoms with E-state index in [4.69, 9.17) is 22.1 Å². The topological polar surface area (TPSA) is 35.2 Å². The molecule has 0 bridgehead atoms. The van der Waals surface area contributed by atoms with Gasteiger partial charge in [0.15, 0.2) is 0 Å². The number of ether oxygens (including phenoxy) is 1. The molecule has 2 nitrogen and oxygen atoms in total. The monoisotopic (exact) mass is 267 g/mol. The SMILES string of the molecule is CCC1CCCC(OCc2ccc(N)cc2Cl)C1. The number of hydrogen-bond acceptors (Lipinski definition) is 2. The molecule has 0 saturated heterocycles. The van der Waals surface area contributed by atoms with Crippen molar-refractivity contribution >= 4 is 17.3 Å². The number of hydrogen-bond donors (Lipinski definition) is 1. The Morgan fingerprint density at radius 3 is 2.94 bits per heavy atom. The molecule has 0 heterocycles. The molecule has 0 amide bonds. The summed E-state index contributed by atoms with van der Waals surface area (Å²) in [7, 11) is 0. The first-order valence-electron chi connectivity index (χ1n) is 6.84. The Kier molecular flexibility index (Phi) is 4.90. The lowest BCUT2D eigenvalue weighted by Crippen LogP contribution is -2.22. The highest BCUT2D eigenvalue weighted by molar-refractivity contribution is 6.31. The van der Waals surface area contributed by atoms with E-state index in [9.17, 15) is 0 Å². The van der Waals surface area contributed by atoms with Crippen molar-refractivity contribution in [1.29, 1.82) is 0 Å². The van der Waals surface area contributed by atoms with Crippen LogP contribution in [0.2, 0.25) is 5.02 Å². The summed E-state index contributed by atoms with van der Waals surface area (Å²) in [5, 5.41) is 0.706. The van der Waals surface area contributed by atoms with Gasteiger partial charge in [0, 0.05) is 10.7 Å². The van der Waals surface area contributed by atoms with Crippen molar-refractivity contribution in [1.82, 2.24) is 0 Å². The highest BCUT2D eigenvalue weighted by Gasteiger charge is 2.21. The molecule has 0 aromatic heterocycles. The molecular formula is C15H22ClNO. The number of anilines is 1. The average Bonchev–Trinajstić information content (AvgIpc) is 2.38. The first kappa shape index (κ1) is 13.7. The minimum absolute atomic E-state index is 0.400. The fourth-order valence-electron chi connectivity index (χ4n) is 2.65. The number of nitrogens with two attached hydrogens (primary N) is 1. The van der Waals surface area contributed by atoms with E-state index in [-0.39, 0.29) is 0 Å². The van der Waals surface area contributed by atoms with E-state index in [2.05, 4.69) is 6.92 Å². The van der Waals surface area contributed by atoms with Gasteiger partial charge in [0.25, 0.3) is 0 Å². The first-order chi connectivity index (χ1) is 8.69. The van der Waals surface area contributed by atoms with Crippen LogP contribution in [0.5, 0.6) is 0 Å². The van der Waals surface area contributed by atoms with Gasteiger partial charge in [0.2, 0.25) is 0 Å². The third-order valence-corrected chi connectivity index (χ3v) is 4.22. The molecule has 1 aromatic rings. The first-order valence-corrected chi connectivity index (χ1v) is 7.22. The van der Waals surface area contributed by atoms with E-state index in [0.717, 1.165) is 11.5 Å². The van der Waals surface area contributed by atoms with Crippen molar-refractivity contribution < 1.29 is 4.74 Å². The van der Waals surface area contributed by atoms with Gasteiger partial charge in [-0.2, -0.15) is 0 Å². The van der Waals surface area contributed by atoms with Gasteiger partial charge >= 0.3 is 0 Å². The van der Waals surface area contributed by atoms with Gasteiger partial charge in [-0.05, 0) is 36.5 Å². The zero-order valence-electron chi connectivity index (χ0n) is 11.0. The average molecular weight is 268 g/mol. The fourth-order valence-corrected chi connectivity index (χ4v) is 2.90. The van der Waals surface area contributed by atoms with Crippen LogP contribution in [0.25, 0.3) is 0 Å². The van der Waals surface area contributed by atoms with E-state index < -0.39 is 0 Å². The van der Waals surface area contributed by atoms with E-state index in [1.54, 1.807) is 6.07 Å². The van der Waals surface area contributed by atoms with Crippen LogP contribution < -0.4 is 5.73 Å². The van der Waals surface area contributed by atoms with Crippen molar-refractivity contribution in [3.8, 4) is 0 Å². The van der Waals surface area contributed by atoms with Crippen LogP contribution in [0.1, 0.15) is 44.6 Å². The Morgan fingerprint density at radius 2 is 2.22 bits per heavy atom.